The highest BCUT2D eigenvalue weighted by atomic mass is 16.2. The molecule has 0 aromatic heterocycles. The maximum Gasteiger partial charge on any atom is 0.226 e. The quantitative estimate of drug-likeness (QED) is 0.907. The van der Waals surface area contributed by atoms with E-state index < -0.39 is 0 Å². The first-order valence-corrected chi connectivity index (χ1v) is 8.71. The van der Waals surface area contributed by atoms with Crippen LogP contribution < -0.4 is 5.32 Å². The molecule has 120 valence electrons. The summed E-state index contributed by atoms with van der Waals surface area (Å²) in [6.07, 6.45) is 4.29. The summed E-state index contributed by atoms with van der Waals surface area (Å²) in [7, 11) is 0. The molecule has 1 aliphatic carbocycles. The maximum absolute atomic E-state index is 12.7. The molecule has 3 nitrogen and oxygen atoms in total. The van der Waals surface area contributed by atoms with E-state index in [0.29, 0.717) is 29.8 Å². The van der Waals surface area contributed by atoms with Crippen LogP contribution in [0.25, 0.3) is 0 Å². The van der Waals surface area contributed by atoms with Gasteiger partial charge < -0.3 is 10.2 Å². The van der Waals surface area contributed by atoms with Gasteiger partial charge >= 0.3 is 0 Å². The molecule has 1 aliphatic heterocycles. The first-order chi connectivity index (χ1) is 10.6. The number of nitrogens with one attached hydrogen (secondary N) is 1. The third-order valence-corrected chi connectivity index (χ3v) is 4.78. The molecule has 3 heteroatoms. The van der Waals surface area contributed by atoms with E-state index in [1.165, 1.54) is 5.56 Å². The fourth-order valence-electron chi connectivity index (χ4n) is 3.49. The highest BCUT2D eigenvalue weighted by Gasteiger charge is 2.39. The molecule has 0 spiro atoms. The van der Waals surface area contributed by atoms with Gasteiger partial charge in [0.15, 0.2) is 0 Å². The first-order valence-electron chi connectivity index (χ1n) is 8.71. The molecule has 2 aliphatic rings. The van der Waals surface area contributed by atoms with Crippen molar-refractivity contribution in [1.29, 1.82) is 0 Å². The van der Waals surface area contributed by atoms with Crippen LogP contribution in [0.15, 0.2) is 30.3 Å². The molecule has 0 bridgehead atoms. The van der Waals surface area contributed by atoms with Gasteiger partial charge in [0.2, 0.25) is 5.91 Å². The summed E-state index contributed by atoms with van der Waals surface area (Å²) in [6, 6.07) is 11.3. The zero-order valence-corrected chi connectivity index (χ0v) is 13.8. The van der Waals surface area contributed by atoms with Crippen LogP contribution in [-0.4, -0.2) is 36.0 Å². The van der Waals surface area contributed by atoms with Crippen molar-refractivity contribution in [2.24, 2.45) is 11.8 Å². The number of nitrogens with zero attached hydrogens (tertiary/aromatic N) is 1. The average molecular weight is 300 g/mol. The van der Waals surface area contributed by atoms with E-state index in [1.807, 2.05) is 0 Å². The smallest absolute Gasteiger partial charge is 0.226 e. The Morgan fingerprint density at radius 3 is 2.64 bits per heavy atom. The fourth-order valence-corrected chi connectivity index (χ4v) is 3.49. The zero-order valence-electron chi connectivity index (χ0n) is 13.8. The number of piperazine rings is 1. The summed E-state index contributed by atoms with van der Waals surface area (Å²) in [4.78, 5) is 14.9. The minimum absolute atomic E-state index is 0.305. The van der Waals surface area contributed by atoms with E-state index in [9.17, 15) is 4.79 Å². The van der Waals surface area contributed by atoms with Gasteiger partial charge in [-0.2, -0.15) is 0 Å². The number of rotatable bonds is 5. The molecule has 1 N–H and O–H groups in total. The van der Waals surface area contributed by atoms with E-state index in [4.69, 9.17) is 0 Å². The largest absolute Gasteiger partial charge is 0.336 e. The SMILES string of the molecule is CC(C)CC1CN(C(=O)C2CC2)C(Cc2ccccc2)CN1. The van der Waals surface area contributed by atoms with Crippen LogP contribution in [0, 0.1) is 11.8 Å². The Bertz CT molecular complexity index is 495. The van der Waals surface area contributed by atoms with Crippen molar-refractivity contribution in [2.45, 2.75) is 51.6 Å². The molecular formula is C19H28N2O. The van der Waals surface area contributed by atoms with Crippen molar-refractivity contribution in [1.82, 2.24) is 10.2 Å². The second-order valence-corrected chi connectivity index (χ2v) is 7.34. The maximum atomic E-state index is 12.7. The molecule has 1 saturated heterocycles. The van der Waals surface area contributed by atoms with Crippen LogP contribution in [-0.2, 0) is 11.2 Å². The lowest BCUT2D eigenvalue weighted by Gasteiger charge is -2.41. The first kappa shape index (κ1) is 15.5. The number of hydrogen-bond acceptors (Lipinski definition) is 2. The highest BCUT2D eigenvalue weighted by Crippen LogP contribution is 2.32. The molecule has 1 heterocycles. The van der Waals surface area contributed by atoms with Gasteiger partial charge in [0.05, 0.1) is 0 Å². The van der Waals surface area contributed by atoms with Gasteiger partial charge in [0.25, 0.3) is 0 Å². The van der Waals surface area contributed by atoms with E-state index in [1.54, 1.807) is 0 Å². The minimum atomic E-state index is 0.305. The third kappa shape index (κ3) is 3.89. The van der Waals surface area contributed by atoms with Crippen LogP contribution in [0.5, 0.6) is 0 Å². The van der Waals surface area contributed by atoms with Crippen LogP contribution in [0.4, 0.5) is 0 Å². The molecule has 1 aromatic carbocycles. The number of hydrogen-bond donors (Lipinski definition) is 1. The molecule has 22 heavy (non-hydrogen) atoms. The lowest BCUT2D eigenvalue weighted by atomic mass is 9.96. The topological polar surface area (TPSA) is 32.3 Å². The molecule has 1 aromatic rings. The molecule has 1 saturated carbocycles. The molecule has 3 rings (SSSR count). The van der Waals surface area contributed by atoms with Crippen molar-refractivity contribution in [3.05, 3.63) is 35.9 Å². The number of benzene rings is 1. The predicted molar refractivity (Wildman–Crippen MR) is 89.6 cm³/mol. The average Bonchev–Trinajstić information content (AvgIpc) is 3.33. The van der Waals surface area contributed by atoms with Crippen LogP contribution in [0.3, 0.4) is 0 Å². The Labute approximate surface area is 134 Å². The Morgan fingerprint density at radius 1 is 1.27 bits per heavy atom. The Morgan fingerprint density at radius 2 is 2.00 bits per heavy atom. The monoisotopic (exact) mass is 300 g/mol. The molecule has 1 amide bonds. The normalized spacial score (nSPS) is 25.5. The molecule has 0 radical (unpaired) electrons. The van der Waals surface area contributed by atoms with Gasteiger partial charge in [0, 0.05) is 31.1 Å². The summed E-state index contributed by atoms with van der Waals surface area (Å²) in [5.74, 6) is 1.38. The summed E-state index contributed by atoms with van der Waals surface area (Å²) in [5, 5.41) is 3.67. The molecule has 2 atom stereocenters. The van der Waals surface area contributed by atoms with Crippen molar-refractivity contribution >= 4 is 5.91 Å². The summed E-state index contributed by atoms with van der Waals surface area (Å²) in [6.45, 7) is 6.31. The van der Waals surface area contributed by atoms with Gasteiger partial charge in [-0.3, -0.25) is 4.79 Å². The standard InChI is InChI=1S/C19H28N2O/c1-14(2)10-17-13-21(19(22)16-8-9-16)18(12-20-17)11-15-6-4-3-5-7-15/h3-7,14,16-18,20H,8-13H2,1-2H3. The second-order valence-electron chi connectivity index (χ2n) is 7.34. The summed E-state index contributed by atoms with van der Waals surface area (Å²) >= 11 is 0. The molecular weight excluding hydrogens is 272 g/mol. The molecule has 2 fully saturated rings. The van der Waals surface area contributed by atoms with Gasteiger partial charge in [-0.15, -0.1) is 0 Å². The Kier molecular flexibility index (Phi) is 4.82. The lowest BCUT2D eigenvalue weighted by molar-refractivity contribution is -0.136. The van der Waals surface area contributed by atoms with Crippen molar-refractivity contribution in [3.8, 4) is 0 Å². The summed E-state index contributed by atoms with van der Waals surface area (Å²) in [5.41, 5.74) is 1.32. The number of carbonyl (C=O) groups excluding carboxylic acids is 1. The lowest BCUT2D eigenvalue weighted by Crippen LogP contribution is -2.59. The fraction of sp³-hybridized carbons (Fsp3) is 0.632. The van der Waals surface area contributed by atoms with Crippen molar-refractivity contribution in [2.75, 3.05) is 13.1 Å². The van der Waals surface area contributed by atoms with Crippen LogP contribution in [0.2, 0.25) is 0 Å². The van der Waals surface area contributed by atoms with Crippen LogP contribution in [0.1, 0.15) is 38.7 Å². The van der Waals surface area contributed by atoms with Gasteiger partial charge in [-0.1, -0.05) is 44.2 Å². The van der Waals surface area contributed by atoms with Crippen molar-refractivity contribution in [3.63, 3.8) is 0 Å². The number of carbonyl (C=O) groups is 1. The number of amides is 1. The van der Waals surface area contributed by atoms with Crippen LogP contribution >= 0.6 is 0 Å². The van der Waals surface area contributed by atoms with Gasteiger partial charge in [-0.05, 0) is 37.2 Å². The third-order valence-electron chi connectivity index (χ3n) is 4.78. The zero-order chi connectivity index (χ0) is 15.5. The Hall–Kier alpha value is -1.35. The van der Waals surface area contributed by atoms with E-state index in [2.05, 4.69) is 54.4 Å². The van der Waals surface area contributed by atoms with E-state index >= 15 is 0 Å². The second kappa shape index (κ2) is 6.82. The summed E-state index contributed by atoms with van der Waals surface area (Å²) < 4.78 is 0. The Balaban J connectivity index is 1.69. The van der Waals surface area contributed by atoms with Crippen molar-refractivity contribution < 1.29 is 4.79 Å². The van der Waals surface area contributed by atoms with Gasteiger partial charge in [-0.25, -0.2) is 0 Å². The minimum Gasteiger partial charge on any atom is -0.336 e. The predicted octanol–water partition coefficient (Wildman–Crippen LogP) is 2.85. The van der Waals surface area contributed by atoms with E-state index in [0.717, 1.165) is 38.8 Å². The van der Waals surface area contributed by atoms with Gasteiger partial charge in [0.1, 0.15) is 0 Å². The van der Waals surface area contributed by atoms with E-state index in [-0.39, 0.29) is 0 Å². The highest BCUT2D eigenvalue weighted by molar-refractivity contribution is 5.81. The molecule has 2 unspecified atom stereocenters.